The fourth-order valence-corrected chi connectivity index (χ4v) is 9.83. The maximum absolute atomic E-state index is 2.40. The summed E-state index contributed by atoms with van der Waals surface area (Å²) in [5.41, 5.74) is 5.29. The lowest BCUT2D eigenvalue weighted by Gasteiger charge is -2.24. The molecule has 38 heavy (non-hydrogen) atoms. The second-order valence-electron chi connectivity index (χ2n) is 9.84. The topological polar surface area (TPSA) is 0 Å². The van der Waals surface area contributed by atoms with Gasteiger partial charge in [-0.1, -0.05) is 53.9 Å². The fourth-order valence-electron chi connectivity index (χ4n) is 5.51. The predicted octanol–water partition coefficient (Wildman–Crippen LogP) is 11.1. The summed E-state index contributed by atoms with van der Waals surface area (Å²) >= 11 is 7.59. The second kappa shape index (κ2) is 8.24. The number of rotatable bonds is 0. The Hall–Kier alpha value is -3.02. The van der Waals surface area contributed by atoms with E-state index in [9.17, 15) is 0 Å². The quantitative estimate of drug-likeness (QED) is 0.135. The Kier molecular flexibility index (Phi) is 4.74. The van der Waals surface area contributed by atoms with E-state index in [1.165, 1.54) is 82.2 Å². The standard InChI is InChI=1S/C34H18S4/c1-3-7-27-19(5-1)9-23-14-31-25(16-29(23)35-27)12-21-11-22-13-26-17-30-24(10-20-6-2-4-8-28(20)36-30)15-32(26)38-34(22)18-33(21)37-31/h1-18H/q+2. The van der Waals surface area contributed by atoms with Gasteiger partial charge in [-0.15, -0.1) is 0 Å². The van der Waals surface area contributed by atoms with Gasteiger partial charge in [0.2, 0.25) is 41.5 Å². The van der Waals surface area contributed by atoms with Gasteiger partial charge in [0, 0.05) is 78.2 Å². The van der Waals surface area contributed by atoms with Crippen molar-refractivity contribution in [2.45, 2.75) is 19.6 Å². The minimum absolute atomic E-state index is 1.32. The van der Waals surface area contributed by atoms with Crippen LogP contribution in [-0.4, -0.2) is 0 Å². The first-order valence-electron chi connectivity index (χ1n) is 12.6. The summed E-state index contributed by atoms with van der Waals surface area (Å²) in [6.45, 7) is 0. The number of hydrogen-bond acceptors (Lipinski definition) is 2. The molecule has 9 rings (SSSR count). The zero-order valence-electron chi connectivity index (χ0n) is 20.0. The van der Waals surface area contributed by atoms with Gasteiger partial charge >= 0.3 is 0 Å². The molecule has 5 aromatic carbocycles. The molecule has 176 valence electrons. The normalized spacial score (nSPS) is 13.9. The molecule has 0 atom stereocenters. The molecular weight excluding hydrogens is 537 g/mol. The molecule has 2 radical (unpaired) electrons. The van der Waals surface area contributed by atoms with Crippen LogP contribution in [0.1, 0.15) is 22.3 Å². The van der Waals surface area contributed by atoms with Crippen molar-refractivity contribution in [1.29, 1.82) is 0 Å². The average Bonchev–Trinajstić information content (AvgIpc) is 2.93. The zero-order chi connectivity index (χ0) is 24.8. The van der Waals surface area contributed by atoms with Crippen LogP contribution in [0.4, 0.5) is 0 Å². The molecule has 0 bridgehead atoms. The Balaban J connectivity index is 1.12. The van der Waals surface area contributed by atoms with Gasteiger partial charge in [0.05, 0.1) is 0 Å². The van der Waals surface area contributed by atoms with E-state index in [0.29, 0.717) is 0 Å². The highest BCUT2D eigenvalue weighted by Crippen LogP contribution is 2.49. The molecule has 0 spiro atoms. The van der Waals surface area contributed by atoms with Gasteiger partial charge < -0.3 is 0 Å². The van der Waals surface area contributed by atoms with Gasteiger partial charge in [-0.3, -0.25) is 0 Å². The predicted molar refractivity (Wildman–Crippen MR) is 167 cm³/mol. The Labute approximate surface area is 237 Å². The monoisotopic (exact) mass is 554 g/mol. The van der Waals surface area contributed by atoms with Gasteiger partial charge in [0.1, 0.15) is 0 Å². The molecule has 2 aliphatic heterocycles. The van der Waals surface area contributed by atoms with E-state index in [2.05, 4.69) is 110 Å². The van der Waals surface area contributed by atoms with Crippen LogP contribution in [0.2, 0.25) is 0 Å². The third-order valence-corrected chi connectivity index (χ3v) is 12.0. The van der Waals surface area contributed by atoms with Crippen molar-refractivity contribution in [3.63, 3.8) is 0 Å². The Bertz CT molecular complexity index is 1840. The summed E-state index contributed by atoms with van der Waals surface area (Å²) in [6.07, 6.45) is 4.76. The molecule has 0 saturated carbocycles. The minimum Gasteiger partial charge on any atom is -0.0894 e. The first-order chi connectivity index (χ1) is 18.7. The van der Waals surface area contributed by atoms with Crippen molar-refractivity contribution in [3.8, 4) is 0 Å². The van der Waals surface area contributed by atoms with Crippen LogP contribution in [0.25, 0.3) is 40.3 Å². The van der Waals surface area contributed by atoms with Crippen molar-refractivity contribution in [3.05, 3.63) is 132 Å². The SMILES string of the molecule is [CH]1c2cc3c(cc2Sc2cc4cc5ccccc5[s+]c4cc21)Sc1cc2cc4ccccc4[s+]c2cc1[CH]3. The Morgan fingerprint density at radius 2 is 0.816 bits per heavy atom. The molecule has 0 aliphatic carbocycles. The molecule has 4 heterocycles. The maximum Gasteiger partial charge on any atom is 0.239 e. The summed E-state index contributed by atoms with van der Waals surface area (Å²) in [4.78, 5) is 5.38. The van der Waals surface area contributed by atoms with Crippen molar-refractivity contribution >= 4 is 86.5 Å². The third kappa shape index (κ3) is 3.44. The summed E-state index contributed by atoms with van der Waals surface area (Å²) < 4.78 is 5.36. The van der Waals surface area contributed by atoms with Crippen LogP contribution in [0.3, 0.4) is 0 Å². The van der Waals surface area contributed by atoms with Crippen molar-refractivity contribution in [2.75, 3.05) is 0 Å². The molecule has 2 aliphatic rings. The van der Waals surface area contributed by atoms with Gasteiger partial charge in [0.25, 0.3) is 0 Å². The highest BCUT2D eigenvalue weighted by atomic mass is 32.2. The molecule has 0 unspecified atom stereocenters. The van der Waals surface area contributed by atoms with Crippen LogP contribution in [0, 0.1) is 12.8 Å². The van der Waals surface area contributed by atoms with Crippen molar-refractivity contribution in [1.82, 2.24) is 0 Å². The third-order valence-electron chi connectivity index (χ3n) is 7.39. The van der Waals surface area contributed by atoms with E-state index < -0.39 is 0 Å². The number of benzene rings is 5. The average molecular weight is 555 g/mol. The second-order valence-corrected chi connectivity index (χ2v) is 14.2. The summed E-state index contributed by atoms with van der Waals surface area (Å²) in [6, 6.07) is 36.3. The highest BCUT2D eigenvalue weighted by molar-refractivity contribution is 8.00. The van der Waals surface area contributed by atoms with E-state index in [1.54, 1.807) is 0 Å². The van der Waals surface area contributed by atoms with Crippen LogP contribution in [0.5, 0.6) is 0 Å². The van der Waals surface area contributed by atoms with Gasteiger partial charge in [-0.25, -0.2) is 0 Å². The van der Waals surface area contributed by atoms with Crippen LogP contribution in [-0.2, 0) is 0 Å². The van der Waals surface area contributed by atoms with E-state index in [4.69, 9.17) is 0 Å². The number of fused-ring (bicyclic) bond motifs is 8. The molecule has 4 heteroatoms. The lowest BCUT2D eigenvalue weighted by Crippen LogP contribution is -2.03. The minimum atomic E-state index is 1.32. The molecule has 0 fully saturated rings. The molecule has 0 saturated heterocycles. The van der Waals surface area contributed by atoms with Gasteiger partial charge in [-0.2, -0.15) is 0 Å². The summed E-state index contributed by atoms with van der Waals surface area (Å²) in [7, 11) is 0. The van der Waals surface area contributed by atoms with Crippen LogP contribution < -0.4 is 0 Å². The summed E-state index contributed by atoms with van der Waals surface area (Å²) in [5.74, 6) is 0. The molecule has 0 amide bonds. The number of hydrogen-bond donors (Lipinski definition) is 0. The maximum atomic E-state index is 2.40. The van der Waals surface area contributed by atoms with E-state index in [-0.39, 0.29) is 0 Å². The molecule has 0 nitrogen and oxygen atoms in total. The van der Waals surface area contributed by atoms with Gasteiger partial charge in [0.15, 0.2) is 0 Å². The first-order valence-corrected chi connectivity index (χ1v) is 15.8. The molecular formula is C34H18S4+2. The largest absolute Gasteiger partial charge is 0.239 e. The Morgan fingerprint density at radius 1 is 0.368 bits per heavy atom. The van der Waals surface area contributed by atoms with Gasteiger partial charge in [-0.05, 0) is 64.7 Å². The van der Waals surface area contributed by atoms with E-state index >= 15 is 0 Å². The zero-order valence-corrected chi connectivity index (χ0v) is 23.3. The lowest BCUT2D eigenvalue weighted by atomic mass is 9.97. The fraction of sp³-hybridized carbons (Fsp3) is 0. The van der Waals surface area contributed by atoms with Crippen molar-refractivity contribution in [2.24, 2.45) is 0 Å². The Morgan fingerprint density at radius 3 is 1.34 bits per heavy atom. The lowest BCUT2D eigenvalue weighted by molar-refractivity contribution is 1.14. The highest BCUT2D eigenvalue weighted by Gasteiger charge is 2.26. The molecule has 7 aromatic rings. The van der Waals surface area contributed by atoms with Crippen molar-refractivity contribution < 1.29 is 0 Å². The van der Waals surface area contributed by atoms with E-state index in [0.717, 1.165) is 0 Å². The molecule has 2 aromatic heterocycles. The molecule has 0 N–H and O–H groups in total. The van der Waals surface area contributed by atoms with E-state index in [1.807, 2.05) is 46.2 Å². The first kappa shape index (κ1) is 21.9. The van der Waals surface area contributed by atoms with Crippen LogP contribution in [0.15, 0.2) is 117 Å². The van der Waals surface area contributed by atoms with Crippen LogP contribution >= 0.6 is 46.2 Å². The smallest absolute Gasteiger partial charge is 0.0894 e. The summed E-state index contributed by atoms with van der Waals surface area (Å²) in [5, 5.41) is 5.28.